The molecule has 0 bridgehead atoms. The van der Waals surface area contributed by atoms with Gasteiger partial charge in [0.05, 0.1) is 6.04 Å². The van der Waals surface area contributed by atoms with Crippen LogP contribution in [0.5, 0.6) is 0 Å². The Balaban J connectivity index is 4.31. The normalized spacial score (nSPS) is 11.5. The van der Waals surface area contributed by atoms with Crippen LogP contribution in [0.25, 0.3) is 10.4 Å². The molecule has 3 N–H and O–H groups in total. The van der Waals surface area contributed by atoms with Gasteiger partial charge in [0.1, 0.15) is 0 Å². The number of nitrogens with two attached hydrogens (primary N) is 1. The highest BCUT2D eigenvalue weighted by atomic mass is 16.2. The molecule has 0 aliphatic carbocycles. The lowest BCUT2D eigenvalue weighted by atomic mass is 10.0. The van der Waals surface area contributed by atoms with Gasteiger partial charge in [0, 0.05) is 24.3 Å². The molecule has 120 valence electrons. The first-order chi connectivity index (χ1) is 10.2. The van der Waals surface area contributed by atoms with Crippen LogP contribution in [0.4, 0.5) is 0 Å². The molecular weight excluding hydrogens is 270 g/mol. The van der Waals surface area contributed by atoms with Crippen LogP contribution < -0.4 is 11.1 Å². The van der Waals surface area contributed by atoms with Crippen molar-refractivity contribution in [2.45, 2.75) is 64.3 Å². The number of azide groups is 1. The zero-order valence-electron chi connectivity index (χ0n) is 12.9. The van der Waals surface area contributed by atoms with E-state index in [-0.39, 0.29) is 24.7 Å². The number of rotatable bonds is 13. The predicted molar refractivity (Wildman–Crippen MR) is 82.6 cm³/mol. The van der Waals surface area contributed by atoms with E-state index in [9.17, 15) is 9.59 Å². The maximum atomic E-state index is 12.1. The first-order valence-corrected chi connectivity index (χ1v) is 7.68. The summed E-state index contributed by atoms with van der Waals surface area (Å²) in [6.07, 6.45) is 5.82. The first kappa shape index (κ1) is 19.4. The second kappa shape index (κ2) is 13.4. The van der Waals surface area contributed by atoms with Crippen molar-refractivity contribution in [3.63, 3.8) is 0 Å². The molecule has 1 amide bonds. The highest BCUT2D eigenvalue weighted by Crippen LogP contribution is 2.08. The van der Waals surface area contributed by atoms with Gasteiger partial charge in [0.25, 0.3) is 0 Å². The number of hydrogen-bond acceptors (Lipinski definition) is 4. The average molecular weight is 297 g/mol. The summed E-state index contributed by atoms with van der Waals surface area (Å²) in [5.74, 6) is -0.165. The predicted octanol–water partition coefficient (Wildman–Crippen LogP) is 2.45. The molecule has 0 heterocycles. The summed E-state index contributed by atoms with van der Waals surface area (Å²) in [5, 5.41) is 6.07. The molecular formula is C14H27N5O2. The van der Waals surface area contributed by atoms with Crippen molar-refractivity contribution in [1.29, 1.82) is 0 Å². The molecule has 0 rings (SSSR count). The molecule has 7 heteroatoms. The van der Waals surface area contributed by atoms with E-state index < -0.39 is 6.04 Å². The zero-order chi connectivity index (χ0) is 15.9. The lowest BCUT2D eigenvalue weighted by molar-refractivity contribution is -0.128. The highest BCUT2D eigenvalue weighted by Gasteiger charge is 2.19. The number of amides is 1. The molecule has 0 aliphatic heterocycles. The Kier molecular flexibility index (Phi) is 12.4. The van der Waals surface area contributed by atoms with Crippen molar-refractivity contribution >= 4 is 11.7 Å². The van der Waals surface area contributed by atoms with Crippen molar-refractivity contribution in [1.82, 2.24) is 5.32 Å². The Morgan fingerprint density at radius 2 is 2.00 bits per heavy atom. The van der Waals surface area contributed by atoms with E-state index >= 15 is 0 Å². The number of unbranched alkanes of at least 4 members (excludes halogenated alkanes) is 3. The van der Waals surface area contributed by atoms with Gasteiger partial charge in [-0.2, -0.15) is 0 Å². The Hall–Kier alpha value is -1.59. The Bertz CT molecular complexity index is 353. The molecule has 7 nitrogen and oxygen atoms in total. The summed E-state index contributed by atoms with van der Waals surface area (Å²) in [7, 11) is 0. The van der Waals surface area contributed by atoms with Crippen LogP contribution in [-0.4, -0.2) is 30.8 Å². The van der Waals surface area contributed by atoms with E-state index in [1.807, 2.05) is 0 Å². The molecule has 0 fully saturated rings. The van der Waals surface area contributed by atoms with Crippen molar-refractivity contribution in [2.24, 2.45) is 10.8 Å². The minimum atomic E-state index is -0.438. The van der Waals surface area contributed by atoms with Gasteiger partial charge in [-0.1, -0.05) is 24.9 Å². The summed E-state index contributed by atoms with van der Waals surface area (Å²) in [4.78, 5) is 26.5. The van der Waals surface area contributed by atoms with Crippen LogP contribution in [0, 0.1) is 0 Å². The number of ketones is 1. The van der Waals surface area contributed by atoms with Gasteiger partial charge in [0.2, 0.25) is 5.91 Å². The lowest BCUT2D eigenvalue weighted by Crippen LogP contribution is -2.41. The number of nitrogens with zero attached hydrogens (tertiary/aromatic N) is 3. The maximum absolute atomic E-state index is 12.1. The van der Waals surface area contributed by atoms with Gasteiger partial charge in [-0.05, 0) is 37.8 Å². The van der Waals surface area contributed by atoms with E-state index in [2.05, 4.69) is 22.3 Å². The maximum Gasteiger partial charge on any atom is 0.220 e. The van der Waals surface area contributed by atoms with Crippen molar-refractivity contribution in [2.75, 3.05) is 13.1 Å². The average Bonchev–Trinajstić information content (AvgIpc) is 2.47. The Labute approximate surface area is 126 Å². The topological polar surface area (TPSA) is 121 Å². The molecule has 0 aromatic heterocycles. The fourth-order valence-electron chi connectivity index (χ4n) is 1.99. The van der Waals surface area contributed by atoms with Crippen molar-refractivity contribution < 1.29 is 9.59 Å². The van der Waals surface area contributed by atoms with Gasteiger partial charge in [-0.15, -0.1) is 0 Å². The van der Waals surface area contributed by atoms with Gasteiger partial charge in [-0.25, -0.2) is 0 Å². The van der Waals surface area contributed by atoms with Crippen molar-refractivity contribution in [3.8, 4) is 0 Å². The SMILES string of the molecule is CCCCCC(=O)[C@H](CCCCN)NC(=O)CCN=[N+]=[N-]. The summed E-state index contributed by atoms with van der Waals surface area (Å²) < 4.78 is 0. The number of carbonyl (C=O) groups is 2. The Morgan fingerprint density at radius 3 is 2.62 bits per heavy atom. The monoisotopic (exact) mass is 297 g/mol. The molecule has 0 saturated carbocycles. The fraction of sp³-hybridized carbons (Fsp3) is 0.857. The summed E-state index contributed by atoms with van der Waals surface area (Å²) in [6, 6.07) is -0.438. The van der Waals surface area contributed by atoms with Crippen LogP contribution in [0.1, 0.15) is 58.3 Å². The third kappa shape index (κ3) is 10.8. The largest absolute Gasteiger partial charge is 0.346 e. The van der Waals surface area contributed by atoms with Crippen molar-refractivity contribution in [3.05, 3.63) is 10.4 Å². The Morgan fingerprint density at radius 1 is 1.24 bits per heavy atom. The standard InChI is InChI=1S/C14H27N5O2/c1-2-3-4-8-13(20)12(7-5-6-10-15)18-14(21)9-11-17-19-16/h12H,2-11,15H2,1H3,(H,18,21)/t12-/m0/s1. The van der Waals surface area contributed by atoms with Gasteiger partial charge >= 0.3 is 0 Å². The zero-order valence-corrected chi connectivity index (χ0v) is 12.9. The van der Waals surface area contributed by atoms with E-state index in [0.717, 1.165) is 32.1 Å². The quantitative estimate of drug-likeness (QED) is 0.235. The lowest BCUT2D eigenvalue weighted by Gasteiger charge is -2.17. The second-order valence-electron chi connectivity index (χ2n) is 5.03. The van der Waals surface area contributed by atoms with E-state index in [1.54, 1.807) is 0 Å². The minimum absolute atomic E-state index is 0.0811. The molecule has 0 aromatic rings. The third-order valence-electron chi connectivity index (χ3n) is 3.20. The molecule has 21 heavy (non-hydrogen) atoms. The molecule has 0 saturated heterocycles. The molecule has 0 radical (unpaired) electrons. The van der Waals surface area contributed by atoms with Gasteiger partial charge in [-0.3, -0.25) is 9.59 Å². The van der Waals surface area contributed by atoms with Gasteiger partial charge < -0.3 is 11.1 Å². The highest BCUT2D eigenvalue weighted by molar-refractivity contribution is 5.89. The van der Waals surface area contributed by atoms with Gasteiger partial charge in [0.15, 0.2) is 5.78 Å². The summed E-state index contributed by atoms with van der Waals surface area (Å²) in [5.41, 5.74) is 13.6. The fourth-order valence-corrected chi connectivity index (χ4v) is 1.99. The van der Waals surface area contributed by atoms with Crippen LogP contribution in [0.3, 0.4) is 0 Å². The van der Waals surface area contributed by atoms with E-state index in [0.29, 0.717) is 19.4 Å². The molecule has 0 aromatic carbocycles. The first-order valence-electron chi connectivity index (χ1n) is 7.68. The number of carbonyl (C=O) groups excluding carboxylic acids is 2. The van der Waals surface area contributed by atoms with Crippen LogP contribution in [0.15, 0.2) is 5.11 Å². The van der Waals surface area contributed by atoms with Crippen LogP contribution in [-0.2, 0) is 9.59 Å². The molecule has 1 atom stereocenters. The smallest absolute Gasteiger partial charge is 0.220 e. The number of hydrogen-bond donors (Lipinski definition) is 2. The van der Waals surface area contributed by atoms with Crippen LogP contribution in [0.2, 0.25) is 0 Å². The molecule has 0 unspecified atom stereocenters. The minimum Gasteiger partial charge on any atom is -0.346 e. The summed E-state index contributed by atoms with van der Waals surface area (Å²) >= 11 is 0. The van der Waals surface area contributed by atoms with E-state index in [1.165, 1.54) is 0 Å². The van der Waals surface area contributed by atoms with E-state index in [4.69, 9.17) is 11.3 Å². The molecule has 0 aliphatic rings. The third-order valence-corrected chi connectivity index (χ3v) is 3.20. The summed E-state index contributed by atoms with van der Waals surface area (Å²) in [6.45, 7) is 2.78. The second-order valence-corrected chi connectivity index (χ2v) is 5.03. The number of Topliss-reactive ketones (excluding diaryl/α,β-unsaturated/α-hetero) is 1. The number of nitrogens with one attached hydrogen (secondary N) is 1. The molecule has 0 spiro atoms. The van der Waals surface area contributed by atoms with Crippen LogP contribution >= 0.6 is 0 Å².